The van der Waals surface area contributed by atoms with Crippen LogP contribution in [-0.2, 0) is 4.74 Å². The van der Waals surface area contributed by atoms with E-state index in [9.17, 15) is 5.11 Å². The van der Waals surface area contributed by atoms with Crippen molar-refractivity contribution >= 4 is 0 Å². The van der Waals surface area contributed by atoms with E-state index in [-0.39, 0.29) is 12.2 Å². The van der Waals surface area contributed by atoms with Crippen molar-refractivity contribution in [1.29, 1.82) is 0 Å². The summed E-state index contributed by atoms with van der Waals surface area (Å²) in [4.78, 5) is 0. The van der Waals surface area contributed by atoms with E-state index in [1.165, 1.54) is 25.7 Å². The van der Waals surface area contributed by atoms with E-state index in [0.29, 0.717) is 19.1 Å². The van der Waals surface area contributed by atoms with Crippen LogP contribution in [0.5, 0.6) is 0 Å². The van der Waals surface area contributed by atoms with Crippen molar-refractivity contribution in [3.63, 3.8) is 0 Å². The molecule has 0 bridgehead atoms. The first kappa shape index (κ1) is 17.9. The molecule has 0 aromatic carbocycles. The van der Waals surface area contributed by atoms with Crippen LogP contribution in [0.4, 0.5) is 0 Å². The van der Waals surface area contributed by atoms with Crippen LogP contribution in [-0.4, -0.2) is 37.0 Å². The predicted octanol–water partition coefficient (Wildman–Crippen LogP) is 3.21. The molecule has 120 valence electrons. The molecule has 0 aromatic rings. The summed E-state index contributed by atoms with van der Waals surface area (Å²) in [6.07, 6.45) is 6.32. The lowest BCUT2D eigenvalue weighted by Gasteiger charge is -2.26. The average molecular weight is 285 g/mol. The van der Waals surface area contributed by atoms with E-state index in [0.717, 1.165) is 24.8 Å². The lowest BCUT2D eigenvalue weighted by Crippen LogP contribution is -2.35. The Kier molecular flexibility index (Phi) is 8.74. The van der Waals surface area contributed by atoms with Crippen LogP contribution < -0.4 is 5.32 Å². The number of rotatable bonds is 9. The molecule has 2 unspecified atom stereocenters. The Balaban J connectivity index is 2.01. The van der Waals surface area contributed by atoms with Gasteiger partial charge in [-0.15, -0.1) is 0 Å². The number of aliphatic hydroxyl groups excluding tert-OH is 1. The number of aliphatic hydroxyl groups is 1. The predicted molar refractivity (Wildman–Crippen MR) is 84.9 cm³/mol. The minimum Gasteiger partial charge on any atom is -0.389 e. The summed E-state index contributed by atoms with van der Waals surface area (Å²) in [6, 6.07) is 0. The van der Waals surface area contributed by atoms with Gasteiger partial charge in [-0.05, 0) is 50.5 Å². The summed E-state index contributed by atoms with van der Waals surface area (Å²) in [7, 11) is 0. The highest BCUT2D eigenvalue weighted by atomic mass is 16.5. The second kappa shape index (κ2) is 9.75. The van der Waals surface area contributed by atoms with Crippen molar-refractivity contribution in [2.45, 2.75) is 72.0 Å². The van der Waals surface area contributed by atoms with Gasteiger partial charge in [0.1, 0.15) is 0 Å². The Morgan fingerprint density at radius 2 is 1.80 bits per heavy atom. The summed E-state index contributed by atoms with van der Waals surface area (Å²) in [5.41, 5.74) is 0. The quantitative estimate of drug-likeness (QED) is 0.683. The van der Waals surface area contributed by atoms with E-state index in [2.05, 4.69) is 33.0 Å². The summed E-state index contributed by atoms with van der Waals surface area (Å²) in [5.74, 6) is 2.36. The Bertz CT molecular complexity index is 237. The van der Waals surface area contributed by atoms with Crippen LogP contribution in [0.3, 0.4) is 0 Å². The van der Waals surface area contributed by atoms with Crippen molar-refractivity contribution in [1.82, 2.24) is 5.32 Å². The molecule has 20 heavy (non-hydrogen) atoms. The fraction of sp³-hybridized carbons (Fsp3) is 1.00. The number of nitrogens with one attached hydrogen (secondary N) is 1. The van der Waals surface area contributed by atoms with Crippen molar-refractivity contribution in [2.75, 3.05) is 19.7 Å². The second-order valence-corrected chi connectivity index (χ2v) is 7.21. The third kappa shape index (κ3) is 8.23. The van der Waals surface area contributed by atoms with E-state index >= 15 is 0 Å². The topological polar surface area (TPSA) is 41.5 Å². The van der Waals surface area contributed by atoms with Gasteiger partial charge in [0.15, 0.2) is 0 Å². The average Bonchev–Trinajstić information content (AvgIpc) is 2.38. The van der Waals surface area contributed by atoms with Gasteiger partial charge in [0, 0.05) is 6.54 Å². The number of hydrogen-bond acceptors (Lipinski definition) is 3. The molecule has 1 fully saturated rings. The first-order chi connectivity index (χ1) is 9.47. The SMILES string of the molecule is CC(C)CC(C)OCC(O)CNCC1CCC(C)CC1. The zero-order valence-corrected chi connectivity index (χ0v) is 13.9. The van der Waals surface area contributed by atoms with Gasteiger partial charge in [0.05, 0.1) is 18.8 Å². The van der Waals surface area contributed by atoms with Crippen molar-refractivity contribution in [3.8, 4) is 0 Å². The molecular formula is C17H35NO2. The third-order valence-corrected chi connectivity index (χ3v) is 4.32. The molecule has 2 N–H and O–H groups in total. The summed E-state index contributed by atoms with van der Waals surface area (Å²) >= 11 is 0. The smallest absolute Gasteiger partial charge is 0.0897 e. The van der Waals surface area contributed by atoms with Crippen LogP contribution >= 0.6 is 0 Å². The second-order valence-electron chi connectivity index (χ2n) is 7.21. The maximum atomic E-state index is 9.92. The highest BCUT2D eigenvalue weighted by Crippen LogP contribution is 2.27. The highest BCUT2D eigenvalue weighted by Gasteiger charge is 2.18. The van der Waals surface area contributed by atoms with Gasteiger partial charge >= 0.3 is 0 Å². The minimum atomic E-state index is -0.382. The Morgan fingerprint density at radius 3 is 2.40 bits per heavy atom. The maximum Gasteiger partial charge on any atom is 0.0897 e. The first-order valence-electron chi connectivity index (χ1n) is 8.47. The van der Waals surface area contributed by atoms with Crippen LogP contribution in [0.25, 0.3) is 0 Å². The van der Waals surface area contributed by atoms with Gasteiger partial charge in [-0.25, -0.2) is 0 Å². The molecule has 0 amide bonds. The van der Waals surface area contributed by atoms with E-state index < -0.39 is 0 Å². The molecule has 1 saturated carbocycles. The summed E-state index contributed by atoms with van der Waals surface area (Å²) in [6.45, 7) is 11.0. The number of hydrogen-bond donors (Lipinski definition) is 2. The van der Waals surface area contributed by atoms with Gasteiger partial charge in [0.25, 0.3) is 0 Å². The minimum absolute atomic E-state index is 0.240. The summed E-state index contributed by atoms with van der Waals surface area (Å²) in [5, 5.41) is 13.3. The van der Waals surface area contributed by atoms with E-state index in [4.69, 9.17) is 4.74 Å². The van der Waals surface area contributed by atoms with Crippen molar-refractivity contribution in [2.24, 2.45) is 17.8 Å². The van der Waals surface area contributed by atoms with Gasteiger partial charge in [-0.1, -0.05) is 33.6 Å². The molecule has 1 aliphatic rings. The standard InChI is InChI=1S/C17H35NO2/c1-13(2)9-15(4)20-12-17(19)11-18-10-16-7-5-14(3)6-8-16/h13-19H,5-12H2,1-4H3. The molecule has 1 rings (SSSR count). The van der Waals surface area contributed by atoms with Gasteiger partial charge in [-0.2, -0.15) is 0 Å². The van der Waals surface area contributed by atoms with Crippen LogP contribution in [0.15, 0.2) is 0 Å². The Labute approximate surface area is 125 Å². The van der Waals surface area contributed by atoms with Crippen molar-refractivity contribution < 1.29 is 9.84 Å². The Hall–Kier alpha value is -0.120. The molecular weight excluding hydrogens is 250 g/mol. The molecule has 0 saturated heterocycles. The van der Waals surface area contributed by atoms with Crippen LogP contribution in [0.1, 0.15) is 59.8 Å². The molecule has 0 aromatic heterocycles. The lowest BCUT2D eigenvalue weighted by molar-refractivity contribution is -0.00881. The van der Waals surface area contributed by atoms with Gasteiger partial charge in [0.2, 0.25) is 0 Å². The van der Waals surface area contributed by atoms with E-state index in [1.807, 2.05) is 0 Å². The molecule has 3 heteroatoms. The van der Waals surface area contributed by atoms with E-state index in [1.54, 1.807) is 0 Å². The molecule has 0 spiro atoms. The lowest BCUT2D eigenvalue weighted by atomic mass is 9.83. The zero-order chi connectivity index (χ0) is 15.0. The molecule has 2 atom stereocenters. The molecule has 0 aliphatic heterocycles. The van der Waals surface area contributed by atoms with Crippen molar-refractivity contribution in [3.05, 3.63) is 0 Å². The normalized spacial score (nSPS) is 26.7. The fourth-order valence-corrected chi connectivity index (χ4v) is 3.05. The Morgan fingerprint density at radius 1 is 1.15 bits per heavy atom. The highest BCUT2D eigenvalue weighted by molar-refractivity contribution is 4.72. The van der Waals surface area contributed by atoms with Crippen LogP contribution in [0.2, 0.25) is 0 Å². The number of ether oxygens (including phenoxy) is 1. The summed E-state index contributed by atoms with van der Waals surface area (Å²) < 4.78 is 5.68. The van der Waals surface area contributed by atoms with Gasteiger partial charge in [-0.3, -0.25) is 0 Å². The largest absolute Gasteiger partial charge is 0.389 e. The molecule has 3 nitrogen and oxygen atoms in total. The molecule has 0 radical (unpaired) electrons. The third-order valence-electron chi connectivity index (χ3n) is 4.32. The molecule has 1 aliphatic carbocycles. The fourth-order valence-electron chi connectivity index (χ4n) is 3.05. The van der Waals surface area contributed by atoms with Crippen LogP contribution in [0, 0.1) is 17.8 Å². The molecule has 0 heterocycles. The zero-order valence-electron chi connectivity index (χ0n) is 13.9. The maximum absolute atomic E-state index is 9.92. The van der Waals surface area contributed by atoms with Gasteiger partial charge < -0.3 is 15.2 Å². The monoisotopic (exact) mass is 285 g/mol. The first-order valence-corrected chi connectivity index (χ1v) is 8.47.